The molecule has 0 aliphatic heterocycles. The third-order valence-corrected chi connectivity index (χ3v) is 6.53. The molecule has 6 atom stereocenters. The molecule has 0 aromatic carbocycles. The predicted octanol–water partition coefficient (Wildman–Crippen LogP) is 4.84. The minimum atomic E-state index is -5.23. The van der Waals surface area contributed by atoms with E-state index in [1.807, 2.05) is 6.92 Å². The Labute approximate surface area is 113 Å². The molecule has 4 aliphatic rings. The molecule has 0 aromatic heterocycles. The first kappa shape index (κ1) is 14.5. The van der Waals surface area contributed by atoms with Gasteiger partial charge in [-0.2, -0.15) is 17.6 Å². The van der Waals surface area contributed by atoms with E-state index in [1.54, 1.807) is 0 Å². The van der Waals surface area contributed by atoms with Gasteiger partial charge in [-0.3, -0.25) is 0 Å². The van der Waals surface area contributed by atoms with Crippen molar-refractivity contribution < 1.29 is 26.3 Å². The van der Waals surface area contributed by atoms with Crippen LogP contribution in [-0.4, -0.2) is 18.3 Å². The molecule has 0 saturated heterocycles. The molecule has 4 rings (SSSR count). The van der Waals surface area contributed by atoms with Gasteiger partial charge in [-0.25, -0.2) is 8.78 Å². The highest BCUT2D eigenvalue weighted by atomic mass is 19.3. The quantitative estimate of drug-likeness (QED) is 0.637. The van der Waals surface area contributed by atoms with Crippen LogP contribution in [0.15, 0.2) is 0 Å². The van der Waals surface area contributed by atoms with Gasteiger partial charge in [0.05, 0.1) is 0 Å². The van der Waals surface area contributed by atoms with E-state index in [2.05, 4.69) is 6.92 Å². The number of hydrogen-bond acceptors (Lipinski definition) is 0. The maximum Gasteiger partial charge on any atom is 0.369 e. The van der Waals surface area contributed by atoms with Gasteiger partial charge in [0.15, 0.2) is 0 Å². The summed E-state index contributed by atoms with van der Waals surface area (Å²) in [6.07, 6.45) is -4.52. The Morgan fingerprint density at radius 3 is 2.10 bits per heavy atom. The Bertz CT molecular complexity index is 416. The van der Waals surface area contributed by atoms with Gasteiger partial charge in [0.25, 0.3) is 0 Å². The Morgan fingerprint density at radius 2 is 1.75 bits per heavy atom. The van der Waals surface area contributed by atoms with Crippen LogP contribution in [0, 0.1) is 35.0 Å². The highest BCUT2D eigenvalue weighted by Crippen LogP contribution is 2.85. The van der Waals surface area contributed by atoms with E-state index in [0.717, 1.165) is 6.42 Å². The van der Waals surface area contributed by atoms with Gasteiger partial charge < -0.3 is 0 Å². The second-order valence-corrected chi connectivity index (χ2v) is 6.92. The molecule has 0 nitrogen and oxygen atoms in total. The third kappa shape index (κ3) is 1.46. The summed E-state index contributed by atoms with van der Waals surface area (Å²) in [6, 6.07) is 0. The molecule has 0 heterocycles. The molecule has 20 heavy (non-hydrogen) atoms. The smallest absolute Gasteiger partial charge is 0.203 e. The zero-order chi connectivity index (χ0) is 15.1. The molecular formula is C14H18F6. The van der Waals surface area contributed by atoms with E-state index < -0.39 is 24.7 Å². The lowest BCUT2D eigenvalue weighted by atomic mass is 9.85. The molecule has 4 saturated carbocycles. The van der Waals surface area contributed by atoms with E-state index in [-0.39, 0.29) is 17.8 Å². The zero-order valence-electron chi connectivity index (χ0n) is 11.4. The zero-order valence-corrected chi connectivity index (χ0v) is 11.4. The van der Waals surface area contributed by atoms with Crippen molar-refractivity contribution in [2.24, 2.45) is 35.0 Å². The number of hydrogen-bond donors (Lipinski definition) is 0. The molecule has 0 spiro atoms. The van der Waals surface area contributed by atoms with Crippen LogP contribution >= 0.6 is 0 Å². The number of rotatable bonds is 5. The summed E-state index contributed by atoms with van der Waals surface area (Å²) in [4.78, 5) is 0. The average molecular weight is 300 g/mol. The summed E-state index contributed by atoms with van der Waals surface area (Å²) >= 11 is 0. The molecule has 0 aromatic rings. The Balaban J connectivity index is 1.70. The summed E-state index contributed by atoms with van der Waals surface area (Å²) < 4.78 is 76.9. The fourth-order valence-corrected chi connectivity index (χ4v) is 5.55. The highest BCUT2D eigenvalue weighted by Gasteiger charge is 2.80. The molecule has 0 N–H and O–H groups in total. The second kappa shape index (κ2) is 3.86. The molecule has 4 aliphatic carbocycles. The topological polar surface area (TPSA) is 0 Å². The van der Waals surface area contributed by atoms with Crippen LogP contribution in [0.2, 0.25) is 0 Å². The van der Waals surface area contributed by atoms with Gasteiger partial charge in [-0.15, -0.1) is 0 Å². The van der Waals surface area contributed by atoms with Crippen LogP contribution in [0.4, 0.5) is 26.3 Å². The second-order valence-electron chi connectivity index (χ2n) is 6.92. The summed E-state index contributed by atoms with van der Waals surface area (Å²) in [5, 5.41) is 0. The molecule has 116 valence electrons. The molecule has 6 heteroatoms. The van der Waals surface area contributed by atoms with Gasteiger partial charge in [-0.05, 0) is 47.8 Å². The lowest BCUT2D eigenvalue weighted by Gasteiger charge is -2.28. The van der Waals surface area contributed by atoms with Crippen LogP contribution in [0.3, 0.4) is 0 Å². The minimum absolute atomic E-state index is 0.0559. The van der Waals surface area contributed by atoms with Crippen molar-refractivity contribution in [3.8, 4) is 0 Å². The molecule has 0 amide bonds. The van der Waals surface area contributed by atoms with Gasteiger partial charge >= 0.3 is 18.3 Å². The van der Waals surface area contributed by atoms with E-state index in [4.69, 9.17) is 0 Å². The first-order chi connectivity index (χ1) is 9.07. The standard InChI is InChI=1S/C14H18F6/c1-6-8-5-9-10(6)12(9,7(8)2)3-4-13(17,18)14(19,20)11(15)16/h6-11H,3-5H2,1-2H3. The first-order valence-electron chi connectivity index (χ1n) is 7.11. The van der Waals surface area contributed by atoms with Gasteiger partial charge in [0.1, 0.15) is 0 Å². The van der Waals surface area contributed by atoms with Crippen LogP contribution < -0.4 is 0 Å². The summed E-state index contributed by atoms with van der Waals surface area (Å²) in [5.41, 5.74) is -0.272. The van der Waals surface area contributed by atoms with Crippen molar-refractivity contribution >= 4 is 0 Å². The summed E-state index contributed by atoms with van der Waals surface area (Å²) in [6.45, 7) is 4.09. The van der Waals surface area contributed by atoms with E-state index in [9.17, 15) is 26.3 Å². The largest absolute Gasteiger partial charge is 0.369 e. The monoisotopic (exact) mass is 300 g/mol. The lowest BCUT2D eigenvalue weighted by molar-refractivity contribution is -0.267. The number of alkyl halides is 6. The van der Waals surface area contributed by atoms with Gasteiger partial charge in [0, 0.05) is 6.42 Å². The molecule has 4 fully saturated rings. The number of halogens is 6. The average Bonchev–Trinajstić information content (AvgIpc) is 2.60. The molecule has 4 bridgehead atoms. The fourth-order valence-electron chi connectivity index (χ4n) is 5.55. The summed E-state index contributed by atoms with van der Waals surface area (Å²) in [7, 11) is 0. The summed E-state index contributed by atoms with van der Waals surface area (Å²) in [5.74, 6) is -7.95. The van der Waals surface area contributed by atoms with Crippen molar-refractivity contribution in [3.63, 3.8) is 0 Å². The van der Waals surface area contributed by atoms with Crippen molar-refractivity contribution in [1.82, 2.24) is 0 Å². The highest BCUT2D eigenvalue weighted by molar-refractivity contribution is 5.27. The van der Waals surface area contributed by atoms with Crippen molar-refractivity contribution in [1.29, 1.82) is 0 Å². The maximum absolute atomic E-state index is 13.4. The predicted molar refractivity (Wildman–Crippen MR) is 61.0 cm³/mol. The first-order valence-corrected chi connectivity index (χ1v) is 7.11. The van der Waals surface area contributed by atoms with Crippen LogP contribution in [0.5, 0.6) is 0 Å². The van der Waals surface area contributed by atoms with Gasteiger partial charge in [-0.1, -0.05) is 13.8 Å². The van der Waals surface area contributed by atoms with Crippen molar-refractivity contribution in [3.05, 3.63) is 0 Å². The van der Waals surface area contributed by atoms with Crippen LogP contribution in [0.25, 0.3) is 0 Å². The maximum atomic E-state index is 13.4. The Morgan fingerprint density at radius 1 is 1.15 bits per heavy atom. The van der Waals surface area contributed by atoms with Crippen molar-refractivity contribution in [2.45, 2.75) is 51.4 Å². The Kier molecular flexibility index (Phi) is 2.80. The van der Waals surface area contributed by atoms with Crippen molar-refractivity contribution in [2.75, 3.05) is 0 Å². The molecule has 0 radical (unpaired) electrons. The van der Waals surface area contributed by atoms with E-state index in [1.165, 1.54) is 0 Å². The van der Waals surface area contributed by atoms with E-state index in [0.29, 0.717) is 23.7 Å². The van der Waals surface area contributed by atoms with Crippen LogP contribution in [-0.2, 0) is 0 Å². The SMILES string of the molecule is CC1C2CC3C1C3(CCC(F)(F)C(F)(F)C(F)F)C2C. The normalized spacial score (nSPS) is 46.4. The van der Waals surface area contributed by atoms with Gasteiger partial charge in [0.2, 0.25) is 0 Å². The molecule has 6 unspecified atom stereocenters. The van der Waals surface area contributed by atoms with E-state index >= 15 is 0 Å². The lowest BCUT2D eigenvalue weighted by Crippen LogP contribution is -2.46. The molecular weight excluding hydrogens is 282 g/mol. The fraction of sp³-hybridized carbons (Fsp3) is 1.00. The minimum Gasteiger partial charge on any atom is -0.203 e. The van der Waals surface area contributed by atoms with Crippen LogP contribution in [0.1, 0.15) is 33.1 Å². The third-order valence-electron chi connectivity index (χ3n) is 6.53. The Hall–Kier alpha value is -0.420.